The number of aryl methyl sites for hydroxylation is 1. The van der Waals surface area contributed by atoms with Crippen LogP contribution in [0.3, 0.4) is 0 Å². The highest BCUT2D eigenvalue weighted by Gasteiger charge is 2.34. The van der Waals surface area contributed by atoms with Crippen LogP contribution in [0.5, 0.6) is 11.5 Å². The third-order valence-electron chi connectivity index (χ3n) is 6.79. The van der Waals surface area contributed by atoms with Crippen LogP contribution in [-0.4, -0.2) is 28.9 Å². The van der Waals surface area contributed by atoms with E-state index in [-0.39, 0.29) is 11.5 Å². The van der Waals surface area contributed by atoms with Crippen LogP contribution in [0.4, 0.5) is 0 Å². The quantitative estimate of drug-likeness (QED) is 0.491. The predicted octanol–water partition coefficient (Wildman–Crippen LogP) is 6.22. The van der Waals surface area contributed by atoms with Gasteiger partial charge in [0.05, 0.1) is 11.1 Å². The molecule has 1 N–H and O–H groups in total. The zero-order chi connectivity index (χ0) is 22.9. The number of aromatic hydroxyl groups is 1. The largest absolute Gasteiger partial charge is 0.507 e. The van der Waals surface area contributed by atoms with Gasteiger partial charge in [0.15, 0.2) is 5.76 Å². The van der Waals surface area contributed by atoms with Crippen molar-refractivity contribution in [2.24, 2.45) is 5.92 Å². The highest BCUT2D eigenvalue weighted by Crippen LogP contribution is 2.42. The first kappa shape index (κ1) is 21.5. The number of benzene rings is 3. The Morgan fingerprint density at radius 2 is 1.70 bits per heavy atom. The number of ether oxygens (including phenoxy) is 1. The van der Waals surface area contributed by atoms with E-state index < -0.39 is 0 Å². The standard InChI is InChI=1S/C29H29NO3/c1-19-12-14-30(15-13-19)18-24-25(31)16-20(2)27-28(32)26(33-29(24)27)17-21-8-10-23(11-9-21)22-6-4-3-5-7-22/h3-11,16-17,19,31H,12-15,18H2,1-2H3/b26-17-. The second-order valence-electron chi connectivity index (χ2n) is 9.28. The molecule has 0 aliphatic carbocycles. The van der Waals surface area contributed by atoms with E-state index in [1.54, 1.807) is 12.1 Å². The molecular weight excluding hydrogens is 410 g/mol. The van der Waals surface area contributed by atoms with Crippen molar-refractivity contribution in [3.8, 4) is 22.6 Å². The smallest absolute Gasteiger partial charge is 0.232 e. The molecule has 0 spiro atoms. The summed E-state index contributed by atoms with van der Waals surface area (Å²) in [6.07, 6.45) is 4.09. The van der Waals surface area contributed by atoms with Crippen molar-refractivity contribution >= 4 is 11.9 Å². The summed E-state index contributed by atoms with van der Waals surface area (Å²) in [5, 5.41) is 10.7. The molecule has 3 aromatic carbocycles. The minimum Gasteiger partial charge on any atom is -0.507 e. The molecule has 5 rings (SSSR count). The highest BCUT2D eigenvalue weighted by molar-refractivity contribution is 6.15. The van der Waals surface area contributed by atoms with Gasteiger partial charge in [0, 0.05) is 6.54 Å². The number of piperidine rings is 1. The number of phenols is 1. The van der Waals surface area contributed by atoms with E-state index in [9.17, 15) is 9.90 Å². The molecule has 33 heavy (non-hydrogen) atoms. The van der Waals surface area contributed by atoms with E-state index in [4.69, 9.17) is 4.74 Å². The first-order valence-corrected chi connectivity index (χ1v) is 11.7. The Morgan fingerprint density at radius 1 is 1.03 bits per heavy atom. The molecular formula is C29H29NO3. The van der Waals surface area contributed by atoms with Gasteiger partial charge in [-0.05, 0) is 73.2 Å². The minimum absolute atomic E-state index is 0.122. The molecule has 0 amide bonds. The lowest BCUT2D eigenvalue weighted by molar-refractivity contribution is 0.101. The third kappa shape index (κ3) is 4.31. The topological polar surface area (TPSA) is 49.8 Å². The Labute approximate surface area is 195 Å². The monoisotopic (exact) mass is 439 g/mol. The van der Waals surface area contributed by atoms with Gasteiger partial charge in [-0.3, -0.25) is 9.69 Å². The highest BCUT2D eigenvalue weighted by atomic mass is 16.5. The molecule has 2 aliphatic heterocycles. The van der Waals surface area contributed by atoms with E-state index in [0.717, 1.165) is 54.1 Å². The second kappa shape index (κ2) is 8.87. The first-order chi connectivity index (χ1) is 16.0. The van der Waals surface area contributed by atoms with Crippen LogP contribution in [0.15, 0.2) is 66.4 Å². The van der Waals surface area contributed by atoms with Crippen LogP contribution in [-0.2, 0) is 6.54 Å². The Morgan fingerprint density at radius 3 is 2.39 bits per heavy atom. The van der Waals surface area contributed by atoms with Gasteiger partial charge in [-0.2, -0.15) is 0 Å². The molecule has 168 valence electrons. The zero-order valence-corrected chi connectivity index (χ0v) is 19.2. The van der Waals surface area contributed by atoms with Gasteiger partial charge in [-0.25, -0.2) is 0 Å². The second-order valence-corrected chi connectivity index (χ2v) is 9.28. The van der Waals surface area contributed by atoms with Gasteiger partial charge in [0.1, 0.15) is 11.5 Å². The lowest BCUT2D eigenvalue weighted by Crippen LogP contribution is -2.32. The molecule has 2 heterocycles. The third-order valence-corrected chi connectivity index (χ3v) is 6.79. The van der Waals surface area contributed by atoms with Crippen molar-refractivity contribution in [2.45, 2.75) is 33.2 Å². The predicted molar refractivity (Wildman–Crippen MR) is 131 cm³/mol. The van der Waals surface area contributed by atoms with Crippen LogP contribution < -0.4 is 4.74 Å². The molecule has 0 saturated carbocycles. The number of hydrogen-bond donors (Lipinski definition) is 1. The fourth-order valence-corrected chi connectivity index (χ4v) is 4.73. The van der Waals surface area contributed by atoms with E-state index in [2.05, 4.69) is 24.0 Å². The summed E-state index contributed by atoms with van der Waals surface area (Å²) in [6.45, 7) is 6.71. The first-order valence-electron chi connectivity index (χ1n) is 11.7. The van der Waals surface area contributed by atoms with Crippen molar-refractivity contribution in [2.75, 3.05) is 13.1 Å². The zero-order valence-electron chi connectivity index (χ0n) is 19.2. The van der Waals surface area contributed by atoms with E-state index in [1.165, 1.54) is 0 Å². The fourth-order valence-electron chi connectivity index (χ4n) is 4.73. The van der Waals surface area contributed by atoms with Crippen molar-refractivity contribution < 1.29 is 14.6 Å². The molecule has 1 fully saturated rings. The molecule has 3 aromatic rings. The number of likely N-dealkylation sites (tertiary alicyclic amines) is 1. The average molecular weight is 440 g/mol. The fraction of sp³-hybridized carbons (Fsp3) is 0.276. The molecule has 0 unspecified atom stereocenters. The van der Waals surface area contributed by atoms with Crippen molar-refractivity contribution in [3.63, 3.8) is 0 Å². The van der Waals surface area contributed by atoms with Crippen molar-refractivity contribution in [3.05, 3.63) is 88.7 Å². The SMILES string of the molecule is Cc1cc(O)c(CN2CCC(C)CC2)c2c1C(=O)/C(=C/c1ccc(-c3ccccc3)cc1)O2. The van der Waals surface area contributed by atoms with Crippen molar-refractivity contribution in [1.82, 2.24) is 4.90 Å². The van der Waals surface area contributed by atoms with Crippen LogP contribution in [0.25, 0.3) is 17.2 Å². The number of fused-ring (bicyclic) bond motifs is 1. The summed E-state index contributed by atoms with van der Waals surface area (Å²) in [5.41, 5.74) is 5.20. The summed E-state index contributed by atoms with van der Waals surface area (Å²) in [4.78, 5) is 15.6. The summed E-state index contributed by atoms with van der Waals surface area (Å²) in [5.74, 6) is 1.64. The number of Topliss-reactive ketones (excluding diaryl/α,β-unsaturated/α-hetero) is 1. The van der Waals surface area contributed by atoms with Gasteiger partial charge in [-0.1, -0.05) is 61.5 Å². The number of carbonyl (C=O) groups is 1. The van der Waals surface area contributed by atoms with E-state index >= 15 is 0 Å². The number of allylic oxidation sites excluding steroid dienone is 1. The molecule has 0 aromatic heterocycles. The van der Waals surface area contributed by atoms with Crippen LogP contribution in [0.1, 0.15) is 46.8 Å². The average Bonchev–Trinajstić information content (AvgIpc) is 3.15. The Hall–Kier alpha value is -3.37. The number of rotatable bonds is 4. The molecule has 0 bridgehead atoms. The number of hydrogen-bond acceptors (Lipinski definition) is 4. The Bertz CT molecular complexity index is 1200. The molecule has 2 aliphatic rings. The number of nitrogens with zero attached hydrogens (tertiary/aromatic N) is 1. The normalized spacial score (nSPS) is 17.9. The van der Waals surface area contributed by atoms with E-state index in [0.29, 0.717) is 29.2 Å². The van der Waals surface area contributed by atoms with Gasteiger partial charge in [0.25, 0.3) is 0 Å². The van der Waals surface area contributed by atoms with Crippen LogP contribution in [0, 0.1) is 12.8 Å². The van der Waals surface area contributed by atoms with Crippen LogP contribution >= 0.6 is 0 Å². The number of carbonyl (C=O) groups excluding carboxylic acids is 1. The molecule has 0 atom stereocenters. The lowest BCUT2D eigenvalue weighted by atomic mass is 9.96. The maximum absolute atomic E-state index is 13.2. The van der Waals surface area contributed by atoms with Gasteiger partial charge >= 0.3 is 0 Å². The Balaban J connectivity index is 1.42. The molecule has 4 nitrogen and oxygen atoms in total. The number of ketones is 1. The molecule has 0 radical (unpaired) electrons. The lowest BCUT2D eigenvalue weighted by Gasteiger charge is -2.30. The number of phenolic OH excluding ortho intramolecular Hbond substituents is 1. The molecule has 4 heteroatoms. The van der Waals surface area contributed by atoms with E-state index in [1.807, 2.05) is 49.4 Å². The van der Waals surface area contributed by atoms with Gasteiger partial charge < -0.3 is 9.84 Å². The summed E-state index contributed by atoms with van der Waals surface area (Å²) >= 11 is 0. The summed E-state index contributed by atoms with van der Waals surface area (Å²) in [6, 6.07) is 20.0. The minimum atomic E-state index is -0.122. The van der Waals surface area contributed by atoms with Gasteiger partial charge in [-0.15, -0.1) is 0 Å². The maximum atomic E-state index is 13.2. The van der Waals surface area contributed by atoms with Crippen LogP contribution in [0.2, 0.25) is 0 Å². The summed E-state index contributed by atoms with van der Waals surface area (Å²) < 4.78 is 6.12. The summed E-state index contributed by atoms with van der Waals surface area (Å²) in [7, 11) is 0. The maximum Gasteiger partial charge on any atom is 0.232 e. The Kier molecular flexibility index (Phi) is 5.77. The molecule has 1 saturated heterocycles. The van der Waals surface area contributed by atoms with Gasteiger partial charge in [0.2, 0.25) is 5.78 Å². The van der Waals surface area contributed by atoms with Crippen molar-refractivity contribution in [1.29, 1.82) is 0 Å².